The largest absolute Gasteiger partial charge is 0.330 e. The van der Waals surface area contributed by atoms with Crippen LogP contribution in [0.2, 0.25) is 0 Å². The lowest BCUT2D eigenvalue weighted by Gasteiger charge is -2.22. The quantitative estimate of drug-likeness (QED) is 0.618. The van der Waals surface area contributed by atoms with Gasteiger partial charge in [-0.25, -0.2) is 0 Å². The fourth-order valence-electron chi connectivity index (χ4n) is 1.74. The maximum absolute atomic E-state index is 5.49. The molecule has 0 radical (unpaired) electrons. The first-order chi connectivity index (χ1) is 4.75. The molecule has 0 saturated carbocycles. The van der Waals surface area contributed by atoms with Crippen LogP contribution in [-0.4, -0.2) is 30.6 Å². The third-order valence-electron chi connectivity index (χ3n) is 2.69. The molecule has 1 saturated heterocycles. The lowest BCUT2D eigenvalue weighted by molar-refractivity contribution is 0.245. The molecule has 0 aromatic heterocycles. The summed E-state index contributed by atoms with van der Waals surface area (Å²) in [4.78, 5) is 2.45. The summed E-state index contributed by atoms with van der Waals surface area (Å²) in [6.45, 7) is 3.12. The summed E-state index contributed by atoms with van der Waals surface area (Å²) in [7, 11) is 2.21. The summed E-state index contributed by atoms with van der Waals surface area (Å²) < 4.78 is 0. The minimum Gasteiger partial charge on any atom is -0.330 e. The molecule has 1 fully saturated rings. The van der Waals surface area contributed by atoms with Gasteiger partial charge in [-0.3, -0.25) is 0 Å². The number of rotatable bonds is 2. The van der Waals surface area contributed by atoms with E-state index in [4.69, 9.17) is 5.73 Å². The molecule has 0 aliphatic carbocycles. The summed E-state index contributed by atoms with van der Waals surface area (Å²) >= 11 is 0. The molecule has 1 aliphatic heterocycles. The van der Waals surface area contributed by atoms with E-state index >= 15 is 0 Å². The molecule has 0 amide bonds. The molecule has 2 nitrogen and oxygen atoms in total. The molecule has 60 valence electrons. The second-order valence-electron chi connectivity index (χ2n) is 3.32. The number of likely N-dealkylation sites (tertiary alicyclic amines) is 1. The molecule has 1 rings (SSSR count). The van der Waals surface area contributed by atoms with Crippen LogP contribution in [0.25, 0.3) is 0 Å². The standard InChI is InChI=1S/C8H18N2/c1-7-3-4-8(5-6-9)10(7)2/h7-8H,3-6,9H2,1-2H3. The second kappa shape index (κ2) is 3.35. The van der Waals surface area contributed by atoms with Crippen molar-refractivity contribution in [1.82, 2.24) is 4.90 Å². The highest BCUT2D eigenvalue weighted by Gasteiger charge is 2.25. The maximum Gasteiger partial charge on any atom is 0.0108 e. The molecule has 10 heavy (non-hydrogen) atoms. The van der Waals surface area contributed by atoms with Crippen LogP contribution in [0, 0.1) is 0 Å². The Morgan fingerprint density at radius 3 is 2.60 bits per heavy atom. The Bertz CT molecular complexity index is 101. The Hall–Kier alpha value is -0.0800. The van der Waals surface area contributed by atoms with E-state index < -0.39 is 0 Å². The molecule has 2 atom stereocenters. The molecule has 2 unspecified atom stereocenters. The van der Waals surface area contributed by atoms with E-state index in [-0.39, 0.29) is 0 Å². The van der Waals surface area contributed by atoms with Crippen LogP contribution in [0.4, 0.5) is 0 Å². The van der Waals surface area contributed by atoms with Gasteiger partial charge in [0.2, 0.25) is 0 Å². The molecule has 2 N–H and O–H groups in total. The zero-order valence-electron chi connectivity index (χ0n) is 7.01. The molecular weight excluding hydrogens is 124 g/mol. The van der Waals surface area contributed by atoms with Gasteiger partial charge in [0.25, 0.3) is 0 Å². The van der Waals surface area contributed by atoms with Crippen molar-refractivity contribution in [3.8, 4) is 0 Å². The van der Waals surface area contributed by atoms with E-state index in [2.05, 4.69) is 18.9 Å². The smallest absolute Gasteiger partial charge is 0.0108 e. The van der Waals surface area contributed by atoms with Crippen LogP contribution >= 0.6 is 0 Å². The van der Waals surface area contributed by atoms with E-state index in [0.717, 1.165) is 18.6 Å². The summed E-state index contributed by atoms with van der Waals surface area (Å²) in [5.41, 5.74) is 5.49. The Morgan fingerprint density at radius 1 is 1.50 bits per heavy atom. The fourth-order valence-corrected chi connectivity index (χ4v) is 1.74. The first-order valence-electron chi connectivity index (χ1n) is 4.17. The Morgan fingerprint density at radius 2 is 2.20 bits per heavy atom. The number of nitrogens with zero attached hydrogens (tertiary/aromatic N) is 1. The van der Waals surface area contributed by atoms with Crippen LogP contribution < -0.4 is 5.73 Å². The Kier molecular flexibility index (Phi) is 2.69. The fraction of sp³-hybridized carbons (Fsp3) is 1.00. The van der Waals surface area contributed by atoms with Gasteiger partial charge >= 0.3 is 0 Å². The van der Waals surface area contributed by atoms with E-state index in [1.54, 1.807) is 0 Å². The summed E-state index contributed by atoms with van der Waals surface area (Å²) in [5.74, 6) is 0. The highest BCUT2D eigenvalue weighted by atomic mass is 15.2. The van der Waals surface area contributed by atoms with E-state index in [1.807, 2.05) is 0 Å². The van der Waals surface area contributed by atoms with Crippen molar-refractivity contribution in [3.05, 3.63) is 0 Å². The monoisotopic (exact) mass is 142 g/mol. The molecule has 0 aromatic rings. The van der Waals surface area contributed by atoms with Gasteiger partial charge in [0.15, 0.2) is 0 Å². The molecule has 1 heterocycles. The third kappa shape index (κ3) is 1.50. The number of hydrogen-bond acceptors (Lipinski definition) is 2. The lowest BCUT2D eigenvalue weighted by Crippen LogP contribution is -2.31. The first-order valence-corrected chi connectivity index (χ1v) is 4.17. The van der Waals surface area contributed by atoms with Crippen molar-refractivity contribution in [2.75, 3.05) is 13.6 Å². The van der Waals surface area contributed by atoms with Gasteiger partial charge in [-0.15, -0.1) is 0 Å². The van der Waals surface area contributed by atoms with Crippen LogP contribution in [0.3, 0.4) is 0 Å². The van der Waals surface area contributed by atoms with Crippen molar-refractivity contribution in [1.29, 1.82) is 0 Å². The van der Waals surface area contributed by atoms with Crippen LogP contribution in [-0.2, 0) is 0 Å². The van der Waals surface area contributed by atoms with Crippen LogP contribution in [0.1, 0.15) is 26.2 Å². The van der Waals surface area contributed by atoms with E-state index in [0.29, 0.717) is 0 Å². The van der Waals surface area contributed by atoms with Gasteiger partial charge in [0.1, 0.15) is 0 Å². The van der Waals surface area contributed by atoms with Gasteiger partial charge < -0.3 is 10.6 Å². The lowest BCUT2D eigenvalue weighted by atomic mass is 10.1. The summed E-state index contributed by atoms with van der Waals surface area (Å²) in [6, 6.07) is 1.54. The van der Waals surface area contributed by atoms with E-state index in [9.17, 15) is 0 Å². The van der Waals surface area contributed by atoms with Crippen molar-refractivity contribution >= 4 is 0 Å². The molecule has 2 heteroatoms. The first kappa shape index (κ1) is 8.02. The van der Waals surface area contributed by atoms with Gasteiger partial charge in [-0.2, -0.15) is 0 Å². The second-order valence-corrected chi connectivity index (χ2v) is 3.32. The molecule has 0 spiro atoms. The minimum atomic E-state index is 0.764. The van der Waals surface area contributed by atoms with Crippen molar-refractivity contribution in [3.63, 3.8) is 0 Å². The van der Waals surface area contributed by atoms with Crippen molar-refractivity contribution in [2.24, 2.45) is 5.73 Å². The van der Waals surface area contributed by atoms with Crippen LogP contribution in [0.15, 0.2) is 0 Å². The summed E-state index contributed by atoms with van der Waals surface area (Å²) in [5, 5.41) is 0. The van der Waals surface area contributed by atoms with Crippen molar-refractivity contribution in [2.45, 2.75) is 38.3 Å². The molecule has 0 bridgehead atoms. The van der Waals surface area contributed by atoms with Gasteiger partial charge in [-0.1, -0.05) is 0 Å². The highest BCUT2D eigenvalue weighted by Crippen LogP contribution is 2.23. The average molecular weight is 142 g/mol. The minimum absolute atomic E-state index is 0.764. The SMILES string of the molecule is CC1CCC(CCN)N1C. The van der Waals surface area contributed by atoms with Crippen LogP contribution in [0.5, 0.6) is 0 Å². The number of hydrogen-bond donors (Lipinski definition) is 1. The third-order valence-corrected chi connectivity index (χ3v) is 2.69. The highest BCUT2D eigenvalue weighted by molar-refractivity contribution is 4.82. The van der Waals surface area contributed by atoms with Gasteiger partial charge in [-0.05, 0) is 39.8 Å². The normalized spacial score (nSPS) is 35.1. The topological polar surface area (TPSA) is 29.3 Å². The average Bonchev–Trinajstić information content (AvgIpc) is 2.20. The zero-order chi connectivity index (χ0) is 7.56. The Labute approximate surface area is 63.4 Å². The summed E-state index contributed by atoms with van der Waals surface area (Å²) in [6.07, 6.45) is 3.86. The number of nitrogens with two attached hydrogens (primary N) is 1. The molecule has 1 aliphatic rings. The maximum atomic E-state index is 5.49. The van der Waals surface area contributed by atoms with Crippen molar-refractivity contribution < 1.29 is 0 Å². The van der Waals surface area contributed by atoms with Gasteiger partial charge in [0, 0.05) is 12.1 Å². The van der Waals surface area contributed by atoms with Gasteiger partial charge in [0.05, 0.1) is 0 Å². The predicted molar refractivity (Wildman–Crippen MR) is 43.9 cm³/mol. The van der Waals surface area contributed by atoms with E-state index in [1.165, 1.54) is 19.3 Å². The predicted octanol–water partition coefficient (Wildman–Crippen LogP) is 0.818. The molecule has 0 aromatic carbocycles. The molecular formula is C8H18N2. The zero-order valence-corrected chi connectivity index (χ0v) is 7.01. The Balaban J connectivity index is 2.33.